The number of hydrogen-bond acceptors (Lipinski definition) is 2. The molecule has 1 aromatic heterocycles. The van der Waals surface area contributed by atoms with Crippen LogP contribution in [0.5, 0.6) is 0 Å². The van der Waals surface area contributed by atoms with Gasteiger partial charge in [-0.05, 0) is 25.0 Å². The normalized spacial score (nSPS) is 12.6. The van der Waals surface area contributed by atoms with Gasteiger partial charge < -0.3 is 9.88 Å². The van der Waals surface area contributed by atoms with Gasteiger partial charge in [0.15, 0.2) is 0 Å². The maximum atomic E-state index is 4.11. The summed E-state index contributed by atoms with van der Waals surface area (Å²) in [6, 6.07) is 8.84. The molecule has 0 radical (unpaired) electrons. The van der Waals surface area contributed by atoms with E-state index < -0.39 is 0 Å². The van der Waals surface area contributed by atoms with Crippen molar-refractivity contribution in [3.8, 4) is 0 Å². The molecule has 3 heteroatoms. The molecule has 0 saturated carbocycles. The predicted octanol–water partition coefficient (Wildman–Crippen LogP) is 2.58. The minimum atomic E-state index is 0.353. The van der Waals surface area contributed by atoms with Gasteiger partial charge in [0.1, 0.15) is 0 Å². The van der Waals surface area contributed by atoms with E-state index in [-0.39, 0.29) is 0 Å². The molecule has 1 atom stereocenters. The number of nitrogens with zero attached hydrogens (tertiary/aromatic N) is 2. The third-order valence-corrected chi connectivity index (χ3v) is 3.16. The molecule has 0 aliphatic rings. The fraction of sp³-hybridized carbons (Fsp3) is 0.357. The van der Waals surface area contributed by atoms with Gasteiger partial charge >= 0.3 is 0 Å². The van der Waals surface area contributed by atoms with E-state index in [0.29, 0.717) is 6.04 Å². The molecule has 1 N–H and O–H groups in total. The second-order valence-corrected chi connectivity index (χ2v) is 4.46. The van der Waals surface area contributed by atoms with Gasteiger partial charge in [0.25, 0.3) is 0 Å². The van der Waals surface area contributed by atoms with E-state index in [1.54, 1.807) is 0 Å². The van der Waals surface area contributed by atoms with Crippen molar-refractivity contribution in [2.45, 2.75) is 26.4 Å². The van der Waals surface area contributed by atoms with E-state index in [4.69, 9.17) is 0 Å². The third kappa shape index (κ3) is 2.74. The fourth-order valence-electron chi connectivity index (χ4n) is 2.00. The zero-order valence-corrected chi connectivity index (χ0v) is 10.6. The van der Waals surface area contributed by atoms with E-state index in [0.717, 1.165) is 6.54 Å². The maximum absolute atomic E-state index is 4.11. The summed E-state index contributed by atoms with van der Waals surface area (Å²) in [7, 11) is 2.02. The lowest BCUT2D eigenvalue weighted by atomic mass is 10.0. The van der Waals surface area contributed by atoms with Crippen LogP contribution in [0.15, 0.2) is 36.8 Å². The largest absolute Gasteiger partial charge is 0.337 e. The van der Waals surface area contributed by atoms with Crippen molar-refractivity contribution in [3.63, 3.8) is 0 Å². The maximum Gasteiger partial charge on any atom is 0.0945 e. The van der Waals surface area contributed by atoms with Crippen LogP contribution in [0.2, 0.25) is 0 Å². The Morgan fingerprint density at radius 2 is 2.12 bits per heavy atom. The van der Waals surface area contributed by atoms with Crippen LogP contribution < -0.4 is 5.32 Å². The summed E-state index contributed by atoms with van der Waals surface area (Å²) < 4.78 is 2.04. The average molecular weight is 229 g/mol. The Bertz CT molecular complexity index is 488. The highest BCUT2D eigenvalue weighted by atomic mass is 15.0. The van der Waals surface area contributed by atoms with Crippen molar-refractivity contribution in [3.05, 3.63) is 53.6 Å². The van der Waals surface area contributed by atoms with Crippen LogP contribution in [-0.4, -0.2) is 9.55 Å². The number of nitrogens with one attached hydrogen (secondary N) is 1. The molecule has 17 heavy (non-hydrogen) atoms. The van der Waals surface area contributed by atoms with Crippen LogP contribution in [0.1, 0.15) is 29.8 Å². The Morgan fingerprint density at radius 1 is 1.35 bits per heavy atom. The molecular weight excluding hydrogens is 210 g/mol. The Kier molecular flexibility index (Phi) is 3.59. The lowest BCUT2D eigenvalue weighted by molar-refractivity contribution is 0.556. The average Bonchev–Trinajstić information content (AvgIpc) is 2.72. The zero-order chi connectivity index (χ0) is 12.3. The summed E-state index contributed by atoms with van der Waals surface area (Å²) >= 11 is 0. The van der Waals surface area contributed by atoms with Crippen molar-refractivity contribution >= 4 is 0 Å². The first-order valence-corrected chi connectivity index (χ1v) is 5.92. The summed E-state index contributed by atoms with van der Waals surface area (Å²) in [6.07, 6.45) is 3.73. The lowest BCUT2D eigenvalue weighted by Crippen LogP contribution is -2.20. The molecule has 3 nitrogen and oxygen atoms in total. The van der Waals surface area contributed by atoms with Crippen LogP contribution in [0, 0.1) is 6.92 Å². The minimum Gasteiger partial charge on any atom is -0.337 e. The quantitative estimate of drug-likeness (QED) is 0.873. The molecule has 2 aromatic rings. The van der Waals surface area contributed by atoms with Gasteiger partial charge in [-0.25, -0.2) is 4.98 Å². The molecule has 0 saturated heterocycles. The number of aromatic nitrogens is 2. The molecule has 1 heterocycles. The van der Waals surface area contributed by atoms with Crippen LogP contribution in [0.25, 0.3) is 0 Å². The highest BCUT2D eigenvalue weighted by molar-refractivity contribution is 5.28. The van der Waals surface area contributed by atoms with Crippen LogP contribution in [0.4, 0.5) is 0 Å². The zero-order valence-electron chi connectivity index (χ0n) is 10.6. The topological polar surface area (TPSA) is 29.9 Å². The Hall–Kier alpha value is -1.61. The van der Waals surface area contributed by atoms with E-state index in [2.05, 4.69) is 48.4 Å². The molecule has 90 valence electrons. The van der Waals surface area contributed by atoms with Gasteiger partial charge in [-0.15, -0.1) is 0 Å². The number of imidazole rings is 1. The molecule has 0 aliphatic heterocycles. The van der Waals surface area contributed by atoms with Crippen molar-refractivity contribution in [1.82, 2.24) is 14.9 Å². The Balaban J connectivity index is 2.01. The standard InChI is InChI=1S/C14H19N3/c1-11-6-4-5-7-14(11)12(2)16-9-13-8-15-10-17(13)3/h4-8,10,12,16H,9H2,1-3H3/t12-/m1/s1. The van der Waals surface area contributed by atoms with Gasteiger partial charge in [0, 0.05) is 25.8 Å². The Labute approximate surface area is 103 Å². The molecule has 0 fully saturated rings. The van der Waals surface area contributed by atoms with Gasteiger partial charge in [-0.2, -0.15) is 0 Å². The van der Waals surface area contributed by atoms with Crippen molar-refractivity contribution in [2.75, 3.05) is 0 Å². The first kappa shape index (κ1) is 11.9. The molecule has 0 unspecified atom stereocenters. The molecule has 0 spiro atoms. The molecule has 2 rings (SSSR count). The highest BCUT2D eigenvalue weighted by Crippen LogP contribution is 2.16. The number of hydrogen-bond donors (Lipinski definition) is 1. The Morgan fingerprint density at radius 3 is 2.76 bits per heavy atom. The summed E-state index contributed by atoms with van der Waals surface area (Å²) in [6.45, 7) is 5.18. The van der Waals surface area contributed by atoms with Crippen LogP contribution in [-0.2, 0) is 13.6 Å². The first-order valence-electron chi connectivity index (χ1n) is 5.92. The van der Waals surface area contributed by atoms with Crippen molar-refractivity contribution < 1.29 is 0 Å². The molecule has 0 aliphatic carbocycles. The van der Waals surface area contributed by atoms with Gasteiger partial charge in [0.05, 0.1) is 12.0 Å². The first-order chi connectivity index (χ1) is 8.18. The number of benzene rings is 1. The van der Waals surface area contributed by atoms with E-state index in [9.17, 15) is 0 Å². The monoisotopic (exact) mass is 229 g/mol. The third-order valence-electron chi connectivity index (χ3n) is 3.16. The van der Waals surface area contributed by atoms with Gasteiger partial charge in [-0.1, -0.05) is 24.3 Å². The van der Waals surface area contributed by atoms with Crippen LogP contribution >= 0.6 is 0 Å². The summed E-state index contributed by atoms with van der Waals surface area (Å²) in [5, 5.41) is 3.52. The van der Waals surface area contributed by atoms with E-state index >= 15 is 0 Å². The van der Waals surface area contributed by atoms with Gasteiger partial charge in [0.2, 0.25) is 0 Å². The minimum absolute atomic E-state index is 0.353. The summed E-state index contributed by atoms with van der Waals surface area (Å²) in [5.74, 6) is 0. The second-order valence-electron chi connectivity index (χ2n) is 4.46. The summed E-state index contributed by atoms with van der Waals surface area (Å²) in [5.41, 5.74) is 3.89. The van der Waals surface area contributed by atoms with Crippen molar-refractivity contribution in [2.24, 2.45) is 7.05 Å². The SMILES string of the molecule is Cc1ccccc1[C@@H](C)NCc1cncn1C. The van der Waals surface area contributed by atoms with Gasteiger partial charge in [-0.3, -0.25) is 0 Å². The molecular formula is C14H19N3. The second kappa shape index (κ2) is 5.15. The lowest BCUT2D eigenvalue weighted by Gasteiger charge is -2.16. The number of rotatable bonds is 4. The van der Waals surface area contributed by atoms with E-state index in [1.807, 2.05) is 24.1 Å². The smallest absolute Gasteiger partial charge is 0.0945 e. The molecule has 0 bridgehead atoms. The molecule has 1 aromatic carbocycles. The predicted molar refractivity (Wildman–Crippen MR) is 69.6 cm³/mol. The van der Waals surface area contributed by atoms with Crippen LogP contribution in [0.3, 0.4) is 0 Å². The van der Waals surface area contributed by atoms with Crippen molar-refractivity contribution in [1.29, 1.82) is 0 Å². The number of aryl methyl sites for hydroxylation is 2. The summed E-state index contributed by atoms with van der Waals surface area (Å²) in [4.78, 5) is 4.11. The fourth-order valence-corrected chi connectivity index (χ4v) is 2.00. The van der Waals surface area contributed by atoms with E-state index in [1.165, 1.54) is 16.8 Å². The molecule has 0 amide bonds. The highest BCUT2D eigenvalue weighted by Gasteiger charge is 2.07.